The number of carbonyl (C=O) groups excluding carboxylic acids is 1. The van der Waals surface area contributed by atoms with E-state index in [-0.39, 0.29) is 0 Å². The first-order chi connectivity index (χ1) is 10.7. The molecule has 0 aromatic carbocycles. The van der Waals surface area contributed by atoms with Crippen molar-refractivity contribution in [1.82, 2.24) is 0 Å². The molecule has 1 aliphatic rings. The smallest absolute Gasteiger partial charge is 0.189 e. The average Bonchev–Trinajstić information content (AvgIpc) is 2.53. The van der Waals surface area contributed by atoms with Crippen molar-refractivity contribution in [3.63, 3.8) is 0 Å². The molecule has 7 N–H and O–H groups in total. The maximum Gasteiger partial charge on any atom is 0.189 e. The fourth-order valence-electron chi connectivity index (χ4n) is 2.24. The summed E-state index contributed by atoms with van der Waals surface area (Å²) in [6.45, 7) is -0.805. The van der Waals surface area contributed by atoms with Crippen molar-refractivity contribution in [1.29, 1.82) is 0 Å². The van der Waals surface area contributed by atoms with Gasteiger partial charge >= 0.3 is 0 Å². The van der Waals surface area contributed by atoms with E-state index in [1.165, 1.54) is 6.92 Å². The summed E-state index contributed by atoms with van der Waals surface area (Å²) >= 11 is 0. The van der Waals surface area contributed by atoms with Crippen LogP contribution in [0.1, 0.15) is 6.92 Å². The Morgan fingerprint density at radius 3 is 2.13 bits per heavy atom. The van der Waals surface area contributed by atoms with E-state index in [0.29, 0.717) is 0 Å². The molecule has 1 rings (SSSR count). The van der Waals surface area contributed by atoms with Gasteiger partial charge in [0.05, 0.1) is 19.3 Å². The second kappa shape index (κ2) is 8.97. The Balaban J connectivity index is 2.74. The highest BCUT2D eigenvalue weighted by Crippen LogP contribution is 2.22. The molecule has 0 bridgehead atoms. The van der Waals surface area contributed by atoms with Gasteiger partial charge in [0.2, 0.25) is 0 Å². The van der Waals surface area contributed by atoms with Crippen LogP contribution in [0, 0.1) is 0 Å². The van der Waals surface area contributed by atoms with Gasteiger partial charge in [-0.05, 0) is 6.92 Å². The van der Waals surface area contributed by atoms with Crippen molar-refractivity contribution < 1.29 is 50.0 Å². The second-order valence-electron chi connectivity index (χ2n) is 5.48. The first kappa shape index (κ1) is 20.4. The lowest BCUT2D eigenvalue weighted by atomic mass is 9.95. The molecular weight excluding hydrogens is 316 g/mol. The summed E-state index contributed by atoms with van der Waals surface area (Å²) in [6, 6.07) is 0. The Hall–Kier alpha value is -0.690. The molecule has 8 unspecified atom stereocenters. The van der Waals surface area contributed by atoms with Gasteiger partial charge in [-0.3, -0.25) is 4.79 Å². The number of aliphatic hydroxyl groups excluding tert-OH is 7. The van der Waals surface area contributed by atoms with Crippen LogP contribution in [0.2, 0.25) is 0 Å². The molecule has 0 aromatic rings. The first-order valence-corrected chi connectivity index (χ1v) is 7.16. The molecule has 1 fully saturated rings. The highest BCUT2D eigenvalue weighted by molar-refractivity contribution is 5.84. The summed E-state index contributed by atoms with van der Waals surface area (Å²) in [5.41, 5.74) is 0. The summed E-state index contributed by atoms with van der Waals surface area (Å²) in [4.78, 5) is 11.6. The Labute approximate surface area is 132 Å². The Morgan fingerprint density at radius 2 is 1.65 bits per heavy atom. The fourth-order valence-corrected chi connectivity index (χ4v) is 2.24. The normalized spacial score (nSPS) is 35.6. The van der Waals surface area contributed by atoms with Gasteiger partial charge in [-0.2, -0.15) is 0 Å². The standard InChI is InChI=1S/C13H24O10/c1-5(16)9(18)13(6(17)2-14)22-4-8-11(20)12(21)10(19)7(3-15)23-8/h5,7-16,18-21H,2-4H2,1H3. The van der Waals surface area contributed by atoms with Gasteiger partial charge in [0.25, 0.3) is 0 Å². The van der Waals surface area contributed by atoms with E-state index in [2.05, 4.69) is 0 Å². The summed E-state index contributed by atoms with van der Waals surface area (Å²) < 4.78 is 10.3. The molecule has 10 heteroatoms. The van der Waals surface area contributed by atoms with Crippen molar-refractivity contribution in [3.05, 3.63) is 0 Å². The zero-order chi connectivity index (χ0) is 17.7. The lowest BCUT2D eigenvalue weighted by molar-refractivity contribution is -0.244. The predicted octanol–water partition coefficient (Wildman–Crippen LogP) is -4.48. The van der Waals surface area contributed by atoms with E-state index in [0.717, 1.165) is 0 Å². The number of aliphatic hydroxyl groups is 7. The number of ether oxygens (including phenoxy) is 2. The Kier molecular flexibility index (Phi) is 7.94. The van der Waals surface area contributed by atoms with E-state index in [4.69, 9.17) is 19.7 Å². The molecule has 0 spiro atoms. The summed E-state index contributed by atoms with van der Waals surface area (Å²) in [5, 5.41) is 66.1. The van der Waals surface area contributed by atoms with Crippen molar-refractivity contribution in [2.75, 3.05) is 19.8 Å². The third-order valence-electron chi connectivity index (χ3n) is 3.71. The fraction of sp³-hybridized carbons (Fsp3) is 0.923. The minimum Gasteiger partial charge on any atom is -0.394 e. The highest BCUT2D eigenvalue weighted by atomic mass is 16.6. The Bertz CT molecular complexity index is 374. The third-order valence-corrected chi connectivity index (χ3v) is 3.71. The van der Waals surface area contributed by atoms with Crippen LogP contribution in [0.15, 0.2) is 0 Å². The minimum absolute atomic E-state index is 0.484. The van der Waals surface area contributed by atoms with E-state index < -0.39 is 74.4 Å². The number of Topliss-reactive ketones (excluding diaryl/α,β-unsaturated/α-hetero) is 1. The maximum atomic E-state index is 11.6. The number of hydrogen-bond donors (Lipinski definition) is 7. The molecule has 0 amide bonds. The van der Waals surface area contributed by atoms with Crippen LogP contribution < -0.4 is 0 Å². The van der Waals surface area contributed by atoms with Gasteiger partial charge in [0.15, 0.2) is 5.78 Å². The van der Waals surface area contributed by atoms with Crippen LogP contribution in [0.3, 0.4) is 0 Å². The van der Waals surface area contributed by atoms with Gasteiger partial charge in [0, 0.05) is 0 Å². The molecule has 23 heavy (non-hydrogen) atoms. The zero-order valence-electron chi connectivity index (χ0n) is 12.6. The van der Waals surface area contributed by atoms with Crippen molar-refractivity contribution in [3.8, 4) is 0 Å². The topological polar surface area (TPSA) is 177 Å². The Morgan fingerprint density at radius 1 is 1.09 bits per heavy atom. The number of hydrogen-bond acceptors (Lipinski definition) is 10. The zero-order valence-corrected chi connectivity index (χ0v) is 12.6. The SMILES string of the molecule is CC(O)C(O)C(OCC1OC(CO)C(O)C(O)C1O)C(=O)CO. The van der Waals surface area contributed by atoms with E-state index >= 15 is 0 Å². The van der Waals surface area contributed by atoms with Gasteiger partial charge in [-0.25, -0.2) is 0 Å². The molecule has 0 saturated carbocycles. The molecule has 1 aliphatic heterocycles. The average molecular weight is 340 g/mol. The van der Waals surface area contributed by atoms with Crippen LogP contribution in [0.4, 0.5) is 0 Å². The summed E-state index contributed by atoms with van der Waals surface area (Å²) in [5.74, 6) is -0.886. The maximum absolute atomic E-state index is 11.6. The number of carbonyl (C=O) groups is 1. The number of rotatable bonds is 8. The highest BCUT2D eigenvalue weighted by Gasteiger charge is 2.44. The van der Waals surface area contributed by atoms with E-state index in [1.54, 1.807) is 0 Å². The number of ketones is 1. The lowest BCUT2D eigenvalue weighted by Crippen LogP contribution is -2.60. The first-order valence-electron chi connectivity index (χ1n) is 7.16. The molecule has 0 aromatic heterocycles. The predicted molar refractivity (Wildman–Crippen MR) is 73.3 cm³/mol. The van der Waals surface area contributed by atoms with Crippen molar-refractivity contribution in [2.24, 2.45) is 0 Å². The van der Waals surface area contributed by atoms with Crippen LogP contribution >= 0.6 is 0 Å². The largest absolute Gasteiger partial charge is 0.394 e. The third kappa shape index (κ3) is 4.89. The van der Waals surface area contributed by atoms with Gasteiger partial charge in [-0.1, -0.05) is 0 Å². The van der Waals surface area contributed by atoms with Crippen molar-refractivity contribution >= 4 is 5.78 Å². The van der Waals surface area contributed by atoms with Crippen LogP contribution in [0.25, 0.3) is 0 Å². The summed E-state index contributed by atoms with van der Waals surface area (Å²) in [6.07, 6.45) is -11.5. The van der Waals surface area contributed by atoms with Gasteiger partial charge < -0.3 is 45.2 Å². The van der Waals surface area contributed by atoms with Crippen LogP contribution in [0.5, 0.6) is 0 Å². The molecule has 136 valence electrons. The molecule has 0 aliphatic carbocycles. The molecule has 10 nitrogen and oxygen atoms in total. The van der Waals surface area contributed by atoms with Crippen LogP contribution in [-0.4, -0.2) is 110 Å². The van der Waals surface area contributed by atoms with Gasteiger partial charge in [0.1, 0.15) is 49.3 Å². The molecule has 1 heterocycles. The van der Waals surface area contributed by atoms with E-state index in [1.807, 2.05) is 0 Å². The van der Waals surface area contributed by atoms with Gasteiger partial charge in [-0.15, -0.1) is 0 Å². The molecular formula is C13H24O10. The van der Waals surface area contributed by atoms with Crippen molar-refractivity contribution in [2.45, 2.75) is 55.8 Å². The molecule has 8 atom stereocenters. The lowest BCUT2D eigenvalue weighted by Gasteiger charge is -2.40. The summed E-state index contributed by atoms with van der Waals surface area (Å²) in [7, 11) is 0. The minimum atomic E-state index is -1.61. The quantitative estimate of drug-likeness (QED) is 0.228. The second-order valence-corrected chi connectivity index (χ2v) is 5.48. The molecule has 0 radical (unpaired) electrons. The van der Waals surface area contributed by atoms with E-state index in [9.17, 15) is 30.3 Å². The monoisotopic (exact) mass is 340 g/mol. The van der Waals surface area contributed by atoms with Crippen LogP contribution in [-0.2, 0) is 14.3 Å². The molecule has 1 saturated heterocycles.